The maximum atomic E-state index is 11.7. The van der Waals surface area contributed by atoms with Crippen LogP contribution in [0.25, 0.3) is 0 Å². The van der Waals surface area contributed by atoms with Crippen molar-refractivity contribution in [1.82, 2.24) is 4.98 Å². The first-order valence-corrected chi connectivity index (χ1v) is 6.53. The van der Waals surface area contributed by atoms with Crippen LogP contribution in [-0.4, -0.2) is 10.8 Å². The Morgan fingerprint density at radius 3 is 2.50 bits per heavy atom. The normalized spacial score (nSPS) is 17.6. The van der Waals surface area contributed by atoms with Gasteiger partial charge in [-0.05, 0) is 30.9 Å². The molecule has 0 bridgehead atoms. The fourth-order valence-electron chi connectivity index (χ4n) is 1.89. The number of aromatic amines is 1. The number of hydrogen-bond acceptors (Lipinski definition) is 1. The molecule has 1 aromatic rings. The molecule has 0 saturated heterocycles. The molecule has 0 radical (unpaired) electrons. The molecular weight excluding hydrogens is 198 g/mol. The average Bonchev–Trinajstić information content (AvgIpc) is 2.84. The Morgan fingerprint density at radius 1 is 1.31 bits per heavy atom. The van der Waals surface area contributed by atoms with Crippen LogP contribution in [0.15, 0.2) is 12.3 Å². The Balaban J connectivity index is 0.000000509. The van der Waals surface area contributed by atoms with Crippen LogP contribution >= 0.6 is 0 Å². The van der Waals surface area contributed by atoms with E-state index in [0.29, 0.717) is 5.78 Å². The third kappa shape index (κ3) is 3.22. The molecule has 1 aliphatic rings. The van der Waals surface area contributed by atoms with Crippen molar-refractivity contribution >= 4 is 5.78 Å². The third-order valence-corrected chi connectivity index (χ3v) is 2.71. The summed E-state index contributed by atoms with van der Waals surface area (Å²) in [7, 11) is 0. The Bertz CT molecular complexity index is 301. The van der Waals surface area contributed by atoms with Crippen LogP contribution in [0.5, 0.6) is 0 Å². The van der Waals surface area contributed by atoms with E-state index in [0.717, 1.165) is 25.0 Å². The molecule has 0 spiro atoms. The molecule has 0 aromatic carbocycles. The minimum atomic E-state index is 0.260. The molecule has 2 heteroatoms. The van der Waals surface area contributed by atoms with Gasteiger partial charge in [-0.3, -0.25) is 4.79 Å². The van der Waals surface area contributed by atoms with Gasteiger partial charge in [0.1, 0.15) is 0 Å². The van der Waals surface area contributed by atoms with Crippen molar-refractivity contribution in [3.8, 4) is 0 Å². The zero-order chi connectivity index (χ0) is 12.6. The average molecular weight is 223 g/mol. The first-order valence-electron chi connectivity index (χ1n) is 6.53. The molecule has 0 saturated carbocycles. The van der Waals surface area contributed by atoms with Crippen molar-refractivity contribution in [2.75, 3.05) is 0 Å². The highest BCUT2D eigenvalue weighted by atomic mass is 16.1. The van der Waals surface area contributed by atoms with Crippen molar-refractivity contribution in [3.63, 3.8) is 0 Å². The van der Waals surface area contributed by atoms with Gasteiger partial charge in [-0.2, -0.15) is 0 Å². The highest BCUT2D eigenvalue weighted by Crippen LogP contribution is 2.26. The number of aryl methyl sites for hydroxylation is 1. The number of nitrogens with one attached hydrogen (secondary N) is 1. The van der Waals surface area contributed by atoms with Gasteiger partial charge in [0, 0.05) is 12.1 Å². The lowest BCUT2D eigenvalue weighted by atomic mass is 9.85. The summed E-state index contributed by atoms with van der Waals surface area (Å²) in [6.07, 6.45) is 4.92. The summed E-state index contributed by atoms with van der Waals surface area (Å²) in [5.41, 5.74) is 2.05. The van der Waals surface area contributed by atoms with Crippen molar-refractivity contribution in [3.05, 3.63) is 23.5 Å². The molecule has 1 N–H and O–H groups in total. The van der Waals surface area contributed by atoms with Crippen LogP contribution in [0, 0.1) is 5.92 Å². The summed E-state index contributed by atoms with van der Waals surface area (Å²) in [6.45, 7) is 10.1. The van der Waals surface area contributed by atoms with Crippen molar-refractivity contribution in [2.45, 2.75) is 53.9 Å². The number of hydrogen-bond donors (Lipinski definition) is 1. The van der Waals surface area contributed by atoms with E-state index in [1.54, 1.807) is 0 Å². The smallest absolute Gasteiger partial charge is 0.182 e. The van der Waals surface area contributed by atoms with Gasteiger partial charge in [-0.15, -0.1) is 0 Å². The SMILES string of the molecule is CC.CC.CCC1CCc2cc[nH]c2C1=O. The molecule has 0 fully saturated rings. The lowest BCUT2D eigenvalue weighted by molar-refractivity contribution is 0.0894. The first kappa shape index (κ1) is 14.9. The molecule has 1 heterocycles. The number of carbonyl (C=O) groups is 1. The quantitative estimate of drug-likeness (QED) is 0.759. The van der Waals surface area contributed by atoms with Gasteiger partial charge in [0.15, 0.2) is 5.78 Å². The van der Waals surface area contributed by atoms with Gasteiger partial charge < -0.3 is 4.98 Å². The van der Waals surface area contributed by atoms with E-state index >= 15 is 0 Å². The Labute approximate surface area is 99.5 Å². The van der Waals surface area contributed by atoms with Gasteiger partial charge >= 0.3 is 0 Å². The molecule has 1 unspecified atom stereocenters. The number of ketones is 1. The molecule has 0 aliphatic heterocycles. The van der Waals surface area contributed by atoms with E-state index in [2.05, 4.69) is 11.9 Å². The van der Waals surface area contributed by atoms with Gasteiger partial charge in [0.25, 0.3) is 0 Å². The minimum absolute atomic E-state index is 0.260. The summed E-state index contributed by atoms with van der Waals surface area (Å²) in [6, 6.07) is 2.01. The molecule has 16 heavy (non-hydrogen) atoms. The van der Waals surface area contributed by atoms with Crippen LogP contribution in [0.4, 0.5) is 0 Å². The van der Waals surface area contributed by atoms with Crippen molar-refractivity contribution in [2.24, 2.45) is 5.92 Å². The van der Waals surface area contributed by atoms with Crippen LogP contribution in [-0.2, 0) is 6.42 Å². The summed E-state index contributed by atoms with van der Waals surface area (Å²) in [5, 5.41) is 0. The Morgan fingerprint density at radius 2 is 1.94 bits per heavy atom. The van der Waals surface area contributed by atoms with Gasteiger partial charge in [-0.25, -0.2) is 0 Å². The fourth-order valence-corrected chi connectivity index (χ4v) is 1.89. The summed E-state index contributed by atoms with van der Waals surface area (Å²) < 4.78 is 0. The number of rotatable bonds is 1. The second-order valence-corrected chi connectivity index (χ2v) is 3.39. The molecule has 2 rings (SSSR count). The predicted octanol–water partition coefficient (Wildman–Crippen LogP) is 4.22. The first-order chi connectivity index (χ1) is 7.83. The number of aromatic nitrogens is 1. The largest absolute Gasteiger partial charge is 0.359 e. The number of Topliss-reactive ketones (excluding diaryl/α,β-unsaturated/α-hetero) is 1. The molecule has 1 aromatic heterocycles. The summed E-state index contributed by atoms with van der Waals surface area (Å²) >= 11 is 0. The Hall–Kier alpha value is -1.05. The second kappa shape index (κ2) is 8.14. The molecule has 1 aliphatic carbocycles. The highest BCUT2D eigenvalue weighted by molar-refractivity contribution is 5.98. The Kier molecular flexibility index (Phi) is 7.61. The molecule has 1 atom stereocenters. The summed E-state index contributed by atoms with van der Waals surface area (Å²) in [4.78, 5) is 14.7. The van der Waals surface area contributed by atoms with E-state index in [1.807, 2.05) is 40.0 Å². The second-order valence-electron chi connectivity index (χ2n) is 3.39. The van der Waals surface area contributed by atoms with Crippen molar-refractivity contribution in [1.29, 1.82) is 0 Å². The van der Waals surface area contributed by atoms with E-state index in [-0.39, 0.29) is 5.92 Å². The molecule has 0 amide bonds. The standard InChI is InChI=1S/C10H13NO.2C2H6/c1-2-7-3-4-8-5-6-11-9(8)10(7)12;2*1-2/h5-7,11H,2-4H2,1H3;2*1-2H3. The molecule has 2 nitrogen and oxygen atoms in total. The lowest BCUT2D eigenvalue weighted by Crippen LogP contribution is -2.21. The molecule has 92 valence electrons. The van der Waals surface area contributed by atoms with Crippen LogP contribution < -0.4 is 0 Å². The highest BCUT2D eigenvalue weighted by Gasteiger charge is 2.26. The number of H-pyrrole nitrogens is 1. The third-order valence-electron chi connectivity index (χ3n) is 2.71. The molecular formula is C14H25NO. The lowest BCUT2D eigenvalue weighted by Gasteiger charge is -2.18. The van der Waals surface area contributed by atoms with Gasteiger partial charge in [0.2, 0.25) is 0 Å². The van der Waals surface area contributed by atoms with Crippen LogP contribution in [0.1, 0.15) is 63.5 Å². The van der Waals surface area contributed by atoms with Crippen molar-refractivity contribution < 1.29 is 4.79 Å². The summed E-state index contributed by atoms with van der Waals surface area (Å²) in [5.74, 6) is 0.569. The predicted molar refractivity (Wildman–Crippen MR) is 69.9 cm³/mol. The zero-order valence-corrected chi connectivity index (χ0v) is 11.3. The maximum absolute atomic E-state index is 11.7. The topological polar surface area (TPSA) is 32.9 Å². The van der Waals surface area contributed by atoms with Crippen LogP contribution in [0.3, 0.4) is 0 Å². The van der Waals surface area contributed by atoms with E-state index in [9.17, 15) is 4.79 Å². The van der Waals surface area contributed by atoms with E-state index in [1.165, 1.54) is 5.56 Å². The number of fused-ring (bicyclic) bond motifs is 1. The fraction of sp³-hybridized carbons (Fsp3) is 0.643. The van der Waals surface area contributed by atoms with Gasteiger partial charge in [0.05, 0.1) is 5.69 Å². The van der Waals surface area contributed by atoms with Crippen LogP contribution in [0.2, 0.25) is 0 Å². The van der Waals surface area contributed by atoms with E-state index in [4.69, 9.17) is 0 Å². The zero-order valence-electron chi connectivity index (χ0n) is 11.3. The van der Waals surface area contributed by atoms with E-state index < -0.39 is 0 Å². The maximum Gasteiger partial charge on any atom is 0.182 e. The minimum Gasteiger partial charge on any atom is -0.359 e. The van der Waals surface area contributed by atoms with Gasteiger partial charge in [-0.1, -0.05) is 34.6 Å². The number of carbonyl (C=O) groups excluding carboxylic acids is 1. The monoisotopic (exact) mass is 223 g/mol.